The number of nitrogens with two attached hydrogens (primary N) is 1. The maximum atomic E-state index is 10.5. The Labute approximate surface area is 321 Å². The van der Waals surface area contributed by atoms with Gasteiger partial charge in [-0.1, -0.05) is 7.43 Å². The molecule has 53 heavy (non-hydrogen) atoms. The SMILES string of the molecule is C.C1CCOC1.CN1CCN(c2ccc(N)nc2)CC1.CN1CCN(c2ccc([N+](=O)[O-])nc2)CC1.CN1CCNCC1.O=[N+]([O-])c1ccc(Br)cn1. The van der Waals surface area contributed by atoms with Gasteiger partial charge in [0.2, 0.25) is 0 Å². The van der Waals surface area contributed by atoms with Crippen LogP contribution in [0, 0.1) is 20.2 Å². The van der Waals surface area contributed by atoms with Gasteiger partial charge in [0.15, 0.2) is 12.4 Å². The van der Waals surface area contributed by atoms with Gasteiger partial charge in [-0.3, -0.25) is 0 Å². The van der Waals surface area contributed by atoms with E-state index in [4.69, 9.17) is 10.5 Å². The topological polar surface area (TPSA) is 188 Å². The first-order valence-corrected chi connectivity index (χ1v) is 18.2. The molecule has 0 aromatic carbocycles. The van der Waals surface area contributed by atoms with Crippen LogP contribution >= 0.6 is 15.9 Å². The van der Waals surface area contributed by atoms with Crippen molar-refractivity contribution in [2.45, 2.75) is 20.3 Å². The molecule has 294 valence electrons. The zero-order valence-corrected chi connectivity index (χ0v) is 32.1. The van der Waals surface area contributed by atoms with Gasteiger partial charge in [0.05, 0.1) is 22.0 Å². The van der Waals surface area contributed by atoms with Crippen LogP contribution in [0.15, 0.2) is 59.5 Å². The summed E-state index contributed by atoms with van der Waals surface area (Å²) in [6.07, 6.45) is 7.36. The lowest BCUT2D eigenvalue weighted by atomic mass is 10.3. The molecule has 17 nitrogen and oxygen atoms in total. The zero-order chi connectivity index (χ0) is 37.7. The second-order valence-corrected chi connectivity index (χ2v) is 13.5. The third-order valence-corrected chi connectivity index (χ3v) is 8.96. The molecule has 7 heterocycles. The third-order valence-electron chi connectivity index (χ3n) is 8.49. The predicted molar refractivity (Wildman–Crippen MR) is 215 cm³/mol. The van der Waals surface area contributed by atoms with E-state index in [1.807, 2.05) is 18.3 Å². The van der Waals surface area contributed by atoms with Crippen LogP contribution in [0.1, 0.15) is 20.3 Å². The van der Waals surface area contributed by atoms with Gasteiger partial charge >= 0.3 is 11.6 Å². The number of ether oxygens (including phenoxy) is 1. The van der Waals surface area contributed by atoms with Crippen LogP contribution in [0.25, 0.3) is 0 Å². The molecule has 0 spiro atoms. The number of anilines is 3. The van der Waals surface area contributed by atoms with Crippen LogP contribution in [0.4, 0.5) is 28.8 Å². The molecule has 18 heteroatoms. The van der Waals surface area contributed by atoms with Crippen molar-refractivity contribution in [3.63, 3.8) is 0 Å². The number of halogens is 1. The molecule has 3 aromatic rings. The van der Waals surface area contributed by atoms with Crippen molar-refractivity contribution in [3.8, 4) is 0 Å². The van der Waals surface area contributed by atoms with Crippen molar-refractivity contribution in [2.24, 2.45) is 0 Å². The molecule has 7 rings (SSSR count). The number of nitro groups is 2. The number of piperazine rings is 3. The number of pyridine rings is 3. The monoisotopic (exact) mass is 804 g/mol. The van der Waals surface area contributed by atoms with Crippen molar-refractivity contribution in [3.05, 3.63) is 79.7 Å². The van der Waals surface area contributed by atoms with Crippen LogP contribution in [0.2, 0.25) is 0 Å². The van der Waals surface area contributed by atoms with Gasteiger partial charge in [0, 0.05) is 104 Å². The Hall–Kier alpha value is -4.07. The molecular formula is C35H57BrN12O5. The molecular weight excluding hydrogens is 748 g/mol. The van der Waals surface area contributed by atoms with E-state index in [9.17, 15) is 20.2 Å². The van der Waals surface area contributed by atoms with Crippen molar-refractivity contribution >= 4 is 44.8 Å². The van der Waals surface area contributed by atoms with E-state index in [1.54, 1.807) is 18.3 Å². The summed E-state index contributed by atoms with van der Waals surface area (Å²) in [5.74, 6) is 0.351. The first-order chi connectivity index (χ1) is 25.0. The predicted octanol–water partition coefficient (Wildman–Crippen LogP) is 3.86. The third kappa shape index (κ3) is 18.0. The standard InChI is InChI=1S/C10H14N4O2.C10H16N4.C5H3BrN2O2.C5H12N2.C4H8O.CH4/c1-12-4-6-13(7-5-12)9-2-3-10(11-8-9)14(15)16;1-13-4-6-14(7-5-13)9-2-3-10(11)12-8-9;6-4-1-2-5(7-3-4)8(9)10;1-7-4-2-6-3-5-7;1-2-4-5-3-1;/h2-3,8H,4-7H2,1H3;2-3,8H,4-7H2,1H3,(H2,11,12);1-3H;6H,2-5H2,1H3;1-4H2;1H4. The highest BCUT2D eigenvalue weighted by molar-refractivity contribution is 9.10. The quantitative estimate of drug-likeness (QED) is 0.286. The minimum Gasteiger partial charge on any atom is -0.384 e. The number of aromatic nitrogens is 3. The van der Waals surface area contributed by atoms with Crippen molar-refractivity contribution in [1.29, 1.82) is 0 Å². The molecule has 4 saturated heterocycles. The van der Waals surface area contributed by atoms with E-state index < -0.39 is 9.85 Å². The fourth-order valence-corrected chi connectivity index (χ4v) is 5.38. The van der Waals surface area contributed by atoms with Crippen LogP contribution < -0.4 is 20.9 Å². The second kappa shape index (κ2) is 25.0. The van der Waals surface area contributed by atoms with E-state index in [0.29, 0.717) is 5.82 Å². The summed E-state index contributed by atoms with van der Waals surface area (Å²) in [6, 6.07) is 10.0. The van der Waals surface area contributed by atoms with Crippen LogP contribution in [0.5, 0.6) is 0 Å². The van der Waals surface area contributed by atoms with Gasteiger partial charge in [-0.2, -0.15) is 0 Å². The molecule has 3 aromatic heterocycles. The Morgan fingerprint density at radius 3 is 1.42 bits per heavy atom. The highest BCUT2D eigenvalue weighted by atomic mass is 79.9. The van der Waals surface area contributed by atoms with Gasteiger partial charge in [0.1, 0.15) is 5.82 Å². The zero-order valence-electron chi connectivity index (χ0n) is 30.5. The van der Waals surface area contributed by atoms with E-state index >= 15 is 0 Å². The number of nitrogens with one attached hydrogen (secondary N) is 1. The number of hydrogen-bond donors (Lipinski definition) is 2. The Bertz CT molecular complexity index is 1420. The lowest BCUT2D eigenvalue weighted by molar-refractivity contribution is -0.389. The molecule has 0 atom stereocenters. The summed E-state index contributed by atoms with van der Waals surface area (Å²) in [5.41, 5.74) is 7.67. The number of hydrogen-bond acceptors (Lipinski definition) is 15. The number of likely N-dealkylation sites (N-methyl/N-ethyl adjacent to an activating group) is 3. The van der Waals surface area contributed by atoms with Gasteiger partial charge in [-0.05, 0) is 94.0 Å². The highest BCUT2D eigenvalue weighted by Crippen LogP contribution is 2.18. The van der Waals surface area contributed by atoms with Crippen LogP contribution in [-0.4, -0.2) is 152 Å². The largest absolute Gasteiger partial charge is 0.384 e. The molecule has 0 unspecified atom stereocenters. The molecule has 4 aliphatic rings. The molecule has 4 aliphatic heterocycles. The Balaban J connectivity index is 0.000000240. The summed E-state index contributed by atoms with van der Waals surface area (Å²) in [5, 5.41) is 23.8. The summed E-state index contributed by atoms with van der Waals surface area (Å²) < 4.78 is 5.68. The fourth-order valence-electron chi connectivity index (χ4n) is 5.15. The summed E-state index contributed by atoms with van der Waals surface area (Å²) >= 11 is 3.11. The first kappa shape index (κ1) is 45.1. The molecule has 4 fully saturated rings. The first-order valence-electron chi connectivity index (χ1n) is 17.4. The Morgan fingerprint density at radius 1 is 0.660 bits per heavy atom. The minimum absolute atomic E-state index is 0. The summed E-state index contributed by atoms with van der Waals surface area (Å²) in [4.78, 5) is 42.4. The molecule has 0 bridgehead atoms. The minimum atomic E-state index is -0.535. The molecule has 0 saturated carbocycles. The molecule has 0 radical (unpaired) electrons. The summed E-state index contributed by atoms with van der Waals surface area (Å²) in [6.45, 7) is 15.0. The molecule has 3 N–H and O–H groups in total. The smallest absolute Gasteiger partial charge is 0.363 e. The lowest BCUT2D eigenvalue weighted by Crippen LogP contribution is -2.44. The lowest BCUT2D eigenvalue weighted by Gasteiger charge is -2.33. The fraction of sp³-hybridized carbons (Fsp3) is 0.571. The maximum absolute atomic E-state index is 10.5. The van der Waals surface area contributed by atoms with E-state index in [2.05, 4.69) is 81.8 Å². The Kier molecular flexibility index (Phi) is 21.3. The van der Waals surface area contributed by atoms with Gasteiger partial charge in [0.25, 0.3) is 0 Å². The summed E-state index contributed by atoms with van der Waals surface area (Å²) in [7, 11) is 6.39. The van der Waals surface area contributed by atoms with Gasteiger partial charge in [-0.25, -0.2) is 4.98 Å². The van der Waals surface area contributed by atoms with Crippen molar-refractivity contribution in [2.75, 3.05) is 128 Å². The van der Waals surface area contributed by atoms with Gasteiger partial charge < -0.3 is 60.5 Å². The average Bonchev–Trinajstić information content (AvgIpc) is 3.75. The van der Waals surface area contributed by atoms with Crippen molar-refractivity contribution in [1.82, 2.24) is 35.0 Å². The van der Waals surface area contributed by atoms with E-state index in [1.165, 1.54) is 49.9 Å². The van der Waals surface area contributed by atoms with E-state index in [-0.39, 0.29) is 19.1 Å². The van der Waals surface area contributed by atoms with Crippen LogP contribution in [0.3, 0.4) is 0 Å². The number of rotatable bonds is 4. The maximum Gasteiger partial charge on any atom is 0.363 e. The highest BCUT2D eigenvalue weighted by Gasteiger charge is 2.17. The van der Waals surface area contributed by atoms with Gasteiger partial charge in [-0.15, -0.1) is 0 Å². The second-order valence-electron chi connectivity index (χ2n) is 12.6. The van der Waals surface area contributed by atoms with Crippen molar-refractivity contribution < 1.29 is 14.6 Å². The Morgan fingerprint density at radius 2 is 1.09 bits per heavy atom. The average molecular weight is 806 g/mol. The number of nitrogen functional groups attached to an aromatic ring is 1. The molecule has 0 aliphatic carbocycles. The normalized spacial score (nSPS) is 17.5. The van der Waals surface area contributed by atoms with Crippen LogP contribution in [-0.2, 0) is 4.74 Å². The van der Waals surface area contributed by atoms with E-state index in [0.717, 1.165) is 88.8 Å². The molecule has 0 amide bonds. The number of nitrogens with zero attached hydrogens (tertiary/aromatic N) is 10.